The summed E-state index contributed by atoms with van der Waals surface area (Å²) in [6.07, 6.45) is 0. The number of nitrogens with zero attached hydrogens (tertiary/aromatic N) is 3. The smallest absolute Gasteiger partial charge is 0.252 e. The fourth-order valence-electron chi connectivity index (χ4n) is 3.04. The molecule has 24 heavy (non-hydrogen) atoms. The molecule has 3 rings (SSSR count). The molecular weight excluding hydrogens is 304 g/mol. The van der Waals surface area contributed by atoms with Crippen LogP contribution >= 0.6 is 0 Å². The third-order valence-corrected chi connectivity index (χ3v) is 4.76. The van der Waals surface area contributed by atoms with Crippen LogP contribution in [0.4, 0.5) is 5.69 Å². The number of anilines is 1. The zero-order valence-electron chi connectivity index (χ0n) is 14.9. The van der Waals surface area contributed by atoms with E-state index in [1.165, 1.54) is 11.1 Å². The molecule has 6 nitrogen and oxygen atoms in total. The van der Waals surface area contributed by atoms with Crippen LogP contribution in [0.3, 0.4) is 0 Å². The molecule has 0 aliphatic carbocycles. The van der Waals surface area contributed by atoms with Gasteiger partial charge < -0.3 is 14.6 Å². The molecule has 0 fully saturated rings. The summed E-state index contributed by atoms with van der Waals surface area (Å²) in [6, 6.07) is 7.02. The molecule has 0 bridgehead atoms. The van der Waals surface area contributed by atoms with Gasteiger partial charge in [-0.1, -0.05) is 31.1 Å². The molecule has 1 aromatic heterocycles. The van der Waals surface area contributed by atoms with Crippen molar-refractivity contribution < 1.29 is 9.26 Å². The van der Waals surface area contributed by atoms with Crippen molar-refractivity contribution in [2.24, 2.45) is 5.92 Å². The number of hydrogen-bond donors (Lipinski definition) is 1. The van der Waals surface area contributed by atoms with Crippen LogP contribution in [0.5, 0.6) is 0 Å². The Bertz CT molecular complexity index is 683. The van der Waals surface area contributed by atoms with Gasteiger partial charge in [-0.25, -0.2) is 0 Å². The normalized spacial score (nSPS) is 15.7. The molecule has 1 aromatic carbocycles. The van der Waals surface area contributed by atoms with E-state index in [9.17, 15) is 0 Å². The van der Waals surface area contributed by atoms with Crippen molar-refractivity contribution in [1.29, 1.82) is 0 Å². The first-order valence-corrected chi connectivity index (χ1v) is 8.47. The number of benzene rings is 1. The molecule has 0 spiro atoms. The van der Waals surface area contributed by atoms with Crippen LogP contribution in [0.15, 0.2) is 22.7 Å². The molecule has 0 saturated heterocycles. The Labute approximate surface area is 143 Å². The van der Waals surface area contributed by atoms with Crippen molar-refractivity contribution >= 4 is 5.69 Å². The van der Waals surface area contributed by atoms with Gasteiger partial charge in [0.25, 0.3) is 5.89 Å². The fraction of sp³-hybridized carbons (Fsp3) is 0.556. The Morgan fingerprint density at radius 1 is 1.29 bits per heavy atom. The van der Waals surface area contributed by atoms with Crippen LogP contribution in [0.1, 0.15) is 43.6 Å². The minimum atomic E-state index is 0.343. The predicted octanol–water partition coefficient (Wildman–Crippen LogP) is 3.19. The zero-order chi connectivity index (χ0) is 17.1. The van der Waals surface area contributed by atoms with Crippen molar-refractivity contribution in [2.45, 2.75) is 53.1 Å². The van der Waals surface area contributed by atoms with Crippen molar-refractivity contribution in [1.82, 2.24) is 15.0 Å². The van der Waals surface area contributed by atoms with Gasteiger partial charge in [0.2, 0.25) is 0 Å². The lowest BCUT2D eigenvalue weighted by Gasteiger charge is -2.27. The van der Waals surface area contributed by atoms with E-state index in [2.05, 4.69) is 59.3 Å². The first-order valence-electron chi connectivity index (χ1n) is 8.47. The van der Waals surface area contributed by atoms with E-state index in [4.69, 9.17) is 9.26 Å². The van der Waals surface area contributed by atoms with Crippen molar-refractivity contribution in [3.63, 3.8) is 0 Å². The Hall–Kier alpha value is -1.92. The van der Waals surface area contributed by atoms with Gasteiger partial charge in [-0.05, 0) is 30.0 Å². The molecule has 0 saturated carbocycles. The molecule has 130 valence electrons. The van der Waals surface area contributed by atoms with Gasteiger partial charge in [-0.2, -0.15) is 4.98 Å². The topological polar surface area (TPSA) is 63.4 Å². The molecule has 1 aliphatic heterocycles. The highest BCUT2D eigenvalue weighted by Gasteiger charge is 2.26. The zero-order valence-corrected chi connectivity index (χ0v) is 14.9. The predicted molar refractivity (Wildman–Crippen MR) is 92.3 cm³/mol. The second-order valence-electron chi connectivity index (χ2n) is 6.72. The van der Waals surface area contributed by atoms with Crippen molar-refractivity contribution in [3.8, 4) is 0 Å². The molecule has 0 radical (unpaired) electrons. The highest BCUT2D eigenvalue weighted by molar-refractivity contribution is 5.56. The van der Waals surface area contributed by atoms with Gasteiger partial charge in [-0.15, -0.1) is 0 Å². The second kappa shape index (κ2) is 7.32. The van der Waals surface area contributed by atoms with Crippen LogP contribution < -0.4 is 5.32 Å². The average molecular weight is 330 g/mol. The van der Waals surface area contributed by atoms with E-state index < -0.39 is 0 Å². The Morgan fingerprint density at radius 2 is 2.12 bits per heavy atom. The number of fused-ring (bicyclic) bond motifs is 1. The lowest BCUT2D eigenvalue weighted by Crippen LogP contribution is -2.32. The number of nitrogens with one attached hydrogen (secondary N) is 1. The standard InChI is InChI=1S/C18H26N4O2/c1-12(2)13(3)22-9-14-6-5-7-16(15(14)10-22)19-8-17-20-18(11-23-4)24-21-17/h5-7,12-13,19H,8-11H2,1-4H3/t13-/m0/s1. The van der Waals surface area contributed by atoms with Crippen molar-refractivity contribution in [2.75, 3.05) is 12.4 Å². The van der Waals surface area contributed by atoms with Gasteiger partial charge in [0.15, 0.2) is 5.82 Å². The van der Waals surface area contributed by atoms with Gasteiger partial charge >= 0.3 is 0 Å². The largest absolute Gasteiger partial charge is 0.377 e. The molecule has 2 aromatic rings. The summed E-state index contributed by atoms with van der Waals surface area (Å²) in [5.41, 5.74) is 3.94. The number of hydrogen-bond acceptors (Lipinski definition) is 6. The maximum Gasteiger partial charge on any atom is 0.252 e. The van der Waals surface area contributed by atoms with Crippen LogP contribution in [0.2, 0.25) is 0 Å². The highest BCUT2D eigenvalue weighted by Crippen LogP contribution is 2.32. The van der Waals surface area contributed by atoms with Crippen LogP contribution in [-0.4, -0.2) is 28.2 Å². The first-order chi connectivity index (χ1) is 11.6. The maximum absolute atomic E-state index is 5.13. The fourth-order valence-corrected chi connectivity index (χ4v) is 3.04. The quantitative estimate of drug-likeness (QED) is 0.841. The van der Waals surface area contributed by atoms with E-state index in [0.29, 0.717) is 36.8 Å². The number of aromatic nitrogens is 2. The highest BCUT2D eigenvalue weighted by atomic mass is 16.5. The Kier molecular flexibility index (Phi) is 5.16. The molecule has 0 unspecified atom stereocenters. The molecule has 1 aliphatic rings. The summed E-state index contributed by atoms with van der Waals surface area (Å²) < 4.78 is 10.1. The molecule has 6 heteroatoms. The maximum atomic E-state index is 5.13. The molecule has 1 N–H and O–H groups in total. The van der Waals surface area contributed by atoms with E-state index in [1.807, 2.05) is 0 Å². The average Bonchev–Trinajstić information content (AvgIpc) is 3.19. The molecular formula is C18H26N4O2. The first kappa shape index (κ1) is 16.9. The number of rotatable bonds is 7. The van der Waals surface area contributed by atoms with Gasteiger partial charge in [-0.3, -0.25) is 4.90 Å². The summed E-state index contributed by atoms with van der Waals surface area (Å²) >= 11 is 0. The molecule has 1 atom stereocenters. The Balaban J connectivity index is 1.67. The van der Waals surface area contributed by atoms with E-state index in [-0.39, 0.29) is 0 Å². The summed E-state index contributed by atoms with van der Waals surface area (Å²) in [5, 5.41) is 7.42. The Morgan fingerprint density at radius 3 is 2.88 bits per heavy atom. The summed E-state index contributed by atoms with van der Waals surface area (Å²) in [6.45, 7) is 9.75. The van der Waals surface area contributed by atoms with Crippen LogP contribution in [0, 0.1) is 5.92 Å². The van der Waals surface area contributed by atoms with E-state index in [0.717, 1.165) is 18.8 Å². The lowest BCUT2D eigenvalue weighted by molar-refractivity contribution is 0.151. The molecule has 0 amide bonds. The summed E-state index contributed by atoms with van der Waals surface area (Å²) in [7, 11) is 1.61. The third-order valence-electron chi connectivity index (χ3n) is 4.76. The van der Waals surface area contributed by atoms with Gasteiger partial charge in [0, 0.05) is 31.9 Å². The van der Waals surface area contributed by atoms with Crippen LogP contribution in [-0.2, 0) is 31.0 Å². The van der Waals surface area contributed by atoms with Crippen molar-refractivity contribution in [3.05, 3.63) is 41.0 Å². The molecule has 2 heterocycles. The number of methoxy groups -OCH3 is 1. The number of ether oxygens (including phenoxy) is 1. The minimum Gasteiger partial charge on any atom is -0.377 e. The van der Waals surface area contributed by atoms with Gasteiger partial charge in [0.1, 0.15) is 6.61 Å². The summed E-state index contributed by atoms with van der Waals surface area (Å²) in [5.74, 6) is 1.80. The minimum absolute atomic E-state index is 0.343. The summed E-state index contributed by atoms with van der Waals surface area (Å²) in [4.78, 5) is 6.83. The van der Waals surface area contributed by atoms with E-state index >= 15 is 0 Å². The van der Waals surface area contributed by atoms with Gasteiger partial charge in [0.05, 0.1) is 6.54 Å². The van der Waals surface area contributed by atoms with E-state index in [1.54, 1.807) is 7.11 Å². The third kappa shape index (κ3) is 3.60. The monoisotopic (exact) mass is 330 g/mol. The second-order valence-corrected chi connectivity index (χ2v) is 6.72. The SMILES string of the molecule is COCc1nc(CNc2cccc3c2CN([C@@H](C)C(C)C)C3)no1. The lowest BCUT2D eigenvalue weighted by atomic mass is 10.1. The van der Waals surface area contributed by atoms with Crippen LogP contribution in [0.25, 0.3) is 0 Å².